The summed E-state index contributed by atoms with van der Waals surface area (Å²) in [5.41, 5.74) is 5.93. The van der Waals surface area contributed by atoms with Crippen molar-refractivity contribution in [1.82, 2.24) is 14.9 Å². The summed E-state index contributed by atoms with van der Waals surface area (Å²) in [7, 11) is 0. The van der Waals surface area contributed by atoms with Gasteiger partial charge in [0.1, 0.15) is 11.6 Å². The van der Waals surface area contributed by atoms with Gasteiger partial charge in [-0.15, -0.1) is 12.4 Å². The lowest BCUT2D eigenvalue weighted by Crippen LogP contribution is -2.39. The number of anilines is 1. The van der Waals surface area contributed by atoms with Gasteiger partial charge in [-0.2, -0.15) is 0 Å². The molecule has 6 nitrogen and oxygen atoms in total. The predicted molar refractivity (Wildman–Crippen MR) is 105 cm³/mol. The molecule has 2 heterocycles. The van der Waals surface area contributed by atoms with Crippen LogP contribution < -0.4 is 10.6 Å². The van der Waals surface area contributed by atoms with Crippen molar-refractivity contribution in [1.29, 1.82) is 0 Å². The first-order valence-corrected chi connectivity index (χ1v) is 9.12. The molecule has 29 heavy (non-hydrogen) atoms. The molecule has 1 atom stereocenters. The van der Waals surface area contributed by atoms with Gasteiger partial charge in [-0.05, 0) is 24.5 Å². The highest BCUT2D eigenvalue weighted by molar-refractivity contribution is 5.85. The first kappa shape index (κ1) is 22.9. The lowest BCUT2D eigenvalue weighted by molar-refractivity contribution is -0.131. The number of amides is 1. The number of aromatic nitrogens is 2. The first-order chi connectivity index (χ1) is 13.4. The minimum Gasteiger partial charge on any atom is -0.354 e. The number of rotatable bonds is 5. The van der Waals surface area contributed by atoms with Crippen LogP contribution in [0.25, 0.3) is 0 Å². The molecule has 0 radical (unpaired) electrons. The van der Waals surface area contributed by atoms with Crippen LogP contribution in [0.1, 0.15) is 18.4 Å². The van der Waals surface area contributed by atoms with E-state index in [0.29, 0.717) is 25.7 Å². The van der Waals surface area contributed by atoms with Crippen LogP contribution in [0.15, 0.2) is 30.7 Å². The maximum absolute atomic E-state index is 13.8. The number of hydrogen-bond acceptors (Lipinski definition) is 5. The summed E-state index contributed by atoms with van der Waals surface area (Å²) < 4.78 is 40.1. The Kier molecular flexibility index (Phi) is 8.21. The van der Waals surface area contributed by atoms with Crippen molar-refractivity contribution in [2.45, 2.75) is 25.3 Å². The van der Waals surface area contributed by atoms with Gasteiger partial charge in [0.05, 0.1) is 6.20 Å². The van der Waals surface area contributed by atoms with Gasteiger partial charge in [-0.1, -0.05) is 0 Å². The number of carbonyl (C=O) groups excluding carboxylic acids is 1. The Morgan fingerprint density at radius 3 is 2.55 bits per heavy atom. The molecular formula is C19H23ClF3N5O. The highest BCUT2D eigenvalue weighted by Crippen LogP contribution is 2.17. The van der Waals surface area contributed by atoms with Crippen LogP contribution in [-0.4, -0.2) is 53.0 Å². The standard InChI is InChI=1S/C19H22F3N5O.ClH/c20-15-11-17(22)16(21)9-13(15)8-14(23)10-19(28)27-5-1-4-26(6-7-27)18-12-24-2-3-25-18;/h2-3,9,11-12,14H,1,4-8,10,23H2;1H/t14-;/m1./s1. The molecule has 1 amide bonds. The Labute approximate surface area is 173 Å². The molecule has 1 saturated heterocycles. The van der Waals surface area contributed by atoms with Crippen LogP contribution in [0.3, 0.4) is 0 Å². The zero-order valence-corrected chi connectivity index (χ0v) is 16.5. The molecule has 3 rings (SSSR count). The maximum Gasteiger partial charge on any atom is 0.224 e. The zero-order chi connectivity index (χ0) is 20.1. The smallest absolute Gasteiger partial charge is 0.224 e. The fourth-order valence-electron chi connectivity index (χ4n) is 3.28. The van der Waals surface area contributed by atoms with Crippen LogP contribution in [-0.2, 0) is 11.2 Å². The monoisotopic (exact) mass is 429 g/mol. The second kappa shape index (κ2) is 10.4. The van der Waals surface area contributed by atoms with E-state index in [1.807, 2.05) is 0 Å². The third-order valence-electron chi connectivity index (χ3n) is 4.73. The van der Waals surface area contributed by atoms with Crippen LogP contribution in [0, 0.1) is 17.5 Å². The molecular weight excluding hydrogens is 407 g/mol. The summed E-state index contributed by atoms with van der Waals surface area (Å²) in [5.74, 6) is -2.62. The van der Waals surface area contributed by atoms with E-state index in [9.17, 15) is 18.0 Å². The van der Waals surface area contributed by atoms with E-state index in [2.05, 4.69) is 14.9 Å². The quantitative estimate of drug-likeness (QED) is 0.738. The normalized spacial score (nSPS) is 15.4. The summed E-state index contributed by atoms with van der Waals surface area (Å²) in [6.07, 6.45) is 5.64. The minimum absolute atomic E-state index is 0. The van der Waals surface area contributed by atoms with Crippen LogP contribution in [0.5, 0.6) is 0 Å². The van der Waals surface area contributed by atoms with Gasteiger partial charge in [0.25, 0.3) is 0 Å². The number of benzene rings is 1. The van der Waals surface area contributed by atoms with E-state index in [1.54, 1.807) is 23.5 Å². The minimum atomic E-state index is -1.25. The van der Waals surface area contributed by atoms with E-state index in [-0.39, 0.29) is 36.7 Å². The van der Waals surface area contributed by atoms with Gasteiger partial charge in [0.15, 0.2) is 11.6 Å². The second-order valence-electron chi connectivity index (χ2n) is 6.81. The van der Waals surface area contributed by atoms with Crippen molar-refractivity contribution in [3.05, 3.63) is 53.7 Å². The molecule has 0 unspecified atom stereocenters. The van der Waals surface area contributed by atoms with Crippen LogP contribution >= 0.6 is 12.4 Å². The summed E-state index contributed by atoms with van der Waals surface area (Å²) >= 11 is 0. The highest BCUT2D eigenvalue weighted by atomic mass is 35.5. The van der Waals surface area contributed by atoms with Gasteiger partial charge in [-0.25, -0.2) is 18.2 Å². The Morgan fingerprint density at radius 1 is 1.07 bits per heavy atom. The number of halogens is 4. The highest BCUT2D eigenvalue weighted by Gasteiger charge is 2.22. The van der Waals surface area contributed by atoms with E-state index in [0.717, 1.165) is 24.8 Å². The predicted octanol–water partition coefficient (Wildman–Crippen LogP) is 2.31. The topological polar surface area (TPSA) is 75.4 Å². The van der Waals surface area contributed by atoms with Gasteiger partial charge >= 0.3 is 0 Å². The summed E-state index contributed by atoms with van der Waals surface area (Å²) in [6.45, 7) is 2.48. The van der Waals surface area contributed by atoms with Gasteiger partial charge in [0, 0.05) is 57.1 Å². The molecule has 1 aliphatic heterocycles. The number of nitrogens with two attached hydrogens (primary N) is 1. The molecule has 158 valence electrons. The number of carbonyl (C=O) groups is 1. The number of nitrogens with zero attached hydrogens (tertiary/aromatic N) is 4. The Balaban J connectivity index is 0.00000300. The fourth-order valence-corrected chi connectivity index (χ4v) is 3.28. The largest absolute Gasteiger partial charge is 0.354 e. The van der Waals surface area contributed by atoms with Crippen molar-refractivity contribution < 1.29 is 18.0 Å². The summed E-state index contributed by atoms with van der Waals surface area (Å²) in [6, 6.07) is 0.598. The average Bonchev–Trinajstić information content (AvgIpc) is 2.93. The average molecular weight is 430 g/mol. The Bertz CT molecular complexity index is 827. The molecule has 10 heteroatoms. The molecule has 1 aromatic carbocycles. The van der Waals surface area contributed by atoms with Crippen molar-refractivity contribution in [3.63, 3.8) is 0 Å². The second-order valence-corrected chi connectivity index (χ2v) is 6.81. The van der Waals surface area contributed by atoms with E-state index < -0.39 is 23.5 Å². The molecule has 1 aromatic heterocycles. The molecule has 2 aromatic rings. The Morgan fingerprint density at radius 2 is 1.83 bits per heavy atom. The van der Waals surface area contributed by atoms with E-state index in [4.69, 9.17) is 5.73 Å². The SMILES string of the molecule is Cl.N[C@@H](CC(=O)N1CCCN(c2cnccn2)CC1)Cc1cc(F)c(F)cc1F. The van der Waals surface area contributed by atoms with E-state index in [1.165, 1.54) is 0 Å². The van der Waals surface area contributed by atoms with Crippen molar-refractivity contribution in [2.75, 3.05) is 31.1 Å². The van der Waals surface area contributed by atoms with Crippen LogP contribution in [0.4, 0.5) is 19.0 Å². The molecule has 2 N–H and O–H groups in total. The molecule has 0 aliphatic carbocycles. The summed E-state index contributed by atoms with van der Waals surface area (Å²) in [5, 5.41) is 0. The zero-order valence-electron chi connectivity index (χ0n) is 15.7. The lowest BCUT2D eigenvalue weighted by Gasteiger charge is -2.23. The molecule has 1 aliphatic rings. The maximum atomic E-state index is 13.8. The van der Waals surface area contributed by atoms with Gasteiger partial charge in [0.2, 0.25) is 5.91 Å². The Hall–Kier alpha value is -2.39. The van der Waals surface area contributed by atoms with Crippen molar-refractivity contribution >= 4 is 24.1 Å². The van der Waals surface area contributed by atoms with Gasteiger partial charge < -0.3 is 15.5 Å². The molecule has 0 bridgehead atoms. The van der Waals surface area contributed by atoms with Crippen LogP contribution in [0.2, 0.25) is 0 Å². The first-order valence-electron chi connectivity index (χ1n) is 9.12. The van der Waals surface area contributed by atoms with Gasteiger partial charge in [-0.3, -0.25) is 9.78 Å². The fraction of sp³-hybridized carbons (Fsp3) is 0.421. The molecule has 0 saturated carbocycles. The third kappa shape index (κ3) is 6.04. The summed E-state index contributed by atoms with van der Waals surface area (Å²) in [4.78, 5) is 24.7. The number of hydrogen-bond donors (Lipinski definition) is 1. The van der Waals surface area contributed by atoms with Crippen molar-refractivity contribution in [2.24, 2.45) is 5.73 Å². The third-order valence-corrected chi connectivity index (χ3v) is 4.73. The molecule has 0 spiro atoms. The lowest BCUT2D eigenvalue weighted by atomic mass is 10.0. The van der Waals surface area contributed by atoms with E-state index >= 15 is 0 Å². The van der Waals surface area contributed by atoms with Crippen molar-refractivity contribution in [3.8, 4) is 0 Å². The molecule has 1 fully saturated rings.